The summed E-state index contributed by atoms with van der Waals surface area (Å²) in [7, 11) is -3.42. The molecule has 0 unspecified atom stereocenters. The monoisotopic (exact) mass is 291 g/mol. The predicted molar refractivity (Wildman–Crippen MR) is 74.7 cm³/mol. The van der Waals surface area contributed by atoms with Crippen LogP contribution in [0.4, 0.5) is 0 Å². The summed E-state index contributed by atoms with van der Waals surface area (Å²) in [5.74, 6) is -0.422. The number of sulfone groups is 1. The van der Waals surface area contributed by atoms with Gasteiger partial charge in [0.2, 0.25) is 5.91 Å². The van der Waals surface area contributed by atoms with Gasteiger partial charge >= 0.3 is 0 Å². The number of carbonyl (C=O) groups excluding carboxylic acids is 1. The molecule has 1 heterocycles. The van der Waals surface area contributed by atoms with Crippen molar-refractivity contribution in [1.29, 1.82) is 0 Å². The molecule has 112 valence electrons. The maximum absolute atomic E-state index is 12.1. The molecule has 19 heavy (non-hydrogen) atoms. The van der Waals surface area contributed by atoms with Crippen LogP contribution in [-0.4, -0.2) is 44.6 Å². The van der Waals surface area contributed by atoms with E-state index in [1.807, 2.05) is 20.8 Å². The predicted octanol–water partition coefficient (Wildman–Crippen LogP) is 1.13. The lowest BCUT2D eigenvalue weighted by molar-refractivity contribution is -0.120. The van der Waals surface area contributed by atoms with Crippen molar-refractivity contribution in [2.24, 2.45) is 5.41 Å². The van der Waals surface area contributed by atoms with E-state index in [-0.39, 0.29) is 17.3 Å². The molecule has 0 spiro atoms. The lowest BCUT2D eigenvalue weighted by atomic mass is 10.0. The molecule has 0 bridgehead atoms. The zero-order valence-electron chi connectivity index (χ0n) is 12.2. The molecule has 5 nitrogen and oxygen atoms in total. The summed E-state index contributed by atoms with van der Waals surface area (Å²) in [4.78, 5) is 11.9. The molecule has 1 fully saturated rings. The Balaban J connectivity index is 2.50. The van der Waals surface area contributed by atoms with Crippen molar-refractivity contribution in [3.63, 3.8) is 0 Å². The van der Waals surface area contributed by atoms with Gasteiger partial charge in [-0.05, 0) is 25.2 Å². The molecular weight excluding hydrogens is 266 g/mol. The van der Waals surface area contributed by atoms with E-state index in [1.165, 1.54) is 6.92 Å². The molecule has 1 aliphatic rings. The number of hydrogen-bond donors (Lipinski definition) is 1. The molecule has 1 rings (SSSR count). The second kappa shape index (κ2) is 6.22. The largest absolute Gasteiger partial charge is 0.376 e. The number of rotatable bonds is 5. The minimum atomic E-state index is -3.42. The first kappa shape index (κ1) is 16.4. The Morgan fingerprint density at radius 2 is 2.05 bits per heavy atom. The van der Waals surface area contributed by atoms with E-state index in [9.17, 15) is 13.2 Å². The first-order valence-corrected chi connectivity index (χ1v) is 8.44. The fourth-order valence-corrected chi connectivity index (χ4v) is 3.92. The fraction of sp³-hybridized carbons (Fsp3) is 0.923. The lowest BCUT2D eigenvalue weighted by Crippen LogP contribution is -2.43. The van der Waals surface area contributed by atoms with Crippen LogP contribution in [0, 0.1) is 5.41 Å². The maximum atomic E-state index is 12.1. The van der Waals surface area contributed by atoms with Crippen molar-refractivity contribution in [1.82, 2.24) is 5.32 Å². The highest BCUT2D eigenvalue weighted by Gasteiger charge is 2.32. The van der Waals surface area contributed by atoms with Crippen LogP contribution in [0.5, 0.6) is 0 Å². The zero-order chi connectivity index (χ0) is 14.7. The Morgan fingerprint density at radius 1 is 1.42 bits per heavy atom. The van der Waals surface area contributed by atoms with Crippen LogP contribution in [-0.2, 0) is 19.4 Å². The number of amides is 1. The van der Waals surface area contributed by atoms with Crippen LogP contribution in [0.3, 0.4) is 0 Å². The second-order valence-corrected chi connectivity index (χ2v) is 8.71. The average Bonchev–Trinajstić information content (AvgIpc) is 2.74. The van der Waals surface area contributed by atoms with Crippen LogP contribution in [0.25, 0.3) is 0 Å². The van der Waals surface area contributed by atoms with Crippen molar-refractivity contribution in [3.05, 3.63) is 0 Å². The van der Waals surface area contributed by atoms with E-state index in [0.717, 1.165) is 19.4 Å². The zero-order valence-corrected chi connectivity index (χ0v) is 13.0. The van der Waals surface area contributed by atoms with Gasteiger partial charge < -0.3 is 10.1 Å². The van der Waals surface area contributed by atoms with Gasteiger partial charge in [-0.25, -0.2) is 8.42 Å². The number of ether oxygens (including phenoxy) is 1. The van der Waals surface area contributed by atoms with Crippen molar-refractivity contribution < 1.29 is 17.9 Å². The molecule has 0 aromatic heterocycles. The molecule has 0 aromatic carbocycles. The van der Waals surface area contributed by atoms with Crippen LogP contribution < -0.4 is 5.32 Å². The summed E-state index contributed by atoms with van der Waals surface area (Å²) in [6.45, 7) is 8.11. The van der Waals surface area contributed by atoms with Gasteiger partial charge in [-0.2, -0.15) is 0 Å². The van der Waals surface area contributed by atoms with Gasteiger partial charge in [0.05, 0.1) is 11.9 Å². The quantitative estimate of drug-likeness (QED) is 0.824. The van der Waals surface area contributed by atoms with Crippen LogP contribution in [0.1, 0.15) is 40.5 Å². The van der Waals surface area contributed by atoms with Gasteiger partial charge in [-0.3, -0.25) is 4.79 Å². The highest BCUT2D eigenvalue weighted by molar-refractivity contribution is 7.92. The molecule has 0 radical (unpaired) electrons. The molecule has 1 saturated heterocycles. The summed E-state index contributed by atoms with van der Waals surface area (Å²) in [5.41, 5.74) is -0.345. The first-order valence-electron chi connectivity index (χ1n) is 6.73. The molecule has 0 aliphatic carbocycles. The molecule has 1 N–H and O–H groups in total. The highest BCUT2D eigenvalue weighted by Crippen LogP contribution is 2.19. The van der Waals surface area contributed by atoms with Gasteiger partial charge in [0.15, 0.2) is 9.84 Å². The van der Waals surface area contributed by atoms with Gasteiger partial charge in [-0.15, -0.1) is 0 Å². The smallest absolute Gasteiger partial charge is 0.238 e. The number of carbonyl (C=O) groups is 1. The lowest BCUT2D eigenvalue weighted by Gasteiger charge is -2.21. The van der Waals surface area contributed by atoms with Crippen LogP contribution in [0.2, 0.25) is 0 Å². The van der Waals surface area contributed by atoms with E-state index in [1.54, 1.807) is 0 Å². The Morgan fingerprint density at radius 3 is 2.53 bits per heavy atom. The van der Waals surface area contributed by atoms with E-state index < -0.39 is 21.0 Å². The first-order chi connectivity index (χ1) is 8.62. The number of hydrogen-bond acceptors (Lipinski definition) is 4. The summed E-state index contributed by atoms with van der Waals surface area (Å²) in [5, 5.41) is 1.67. The third-order valence-electron chi connectivity index (χ3n) is 3.07. The van der Waals surface area contributed by atoms with Gasteiger partial charge in [-0.1, -0.05) is 20.8 Å². The summed E-state index contributed by atoms with van der Waals surface area (Å²) < 4.78 is 29.6. The molecule has 2 atom stereocenters. The minimum absolute atomic E-state index is 0.00845. The Labute approximate surface area is 116 Å². The van der Waals surface area contributed by atoms with E-state index in [4.69, 9.17) is 4.74 Å². The molecule has 0 aromatic rings. The molecule has 0 saturated carbocycles. The minimum Gasteiger partial charge on any atom is -0.376 e. The second-order valence-electron chi connectivity index (χ2n) is 6.39. The van der Waals surface area contributed by atoms with Gasteiger partial charge in [0.25, 0.3) is 0 Å². The van der Waals surface area contributed by atoms with E-state index in [0.29, 0.717) is 6.54 Å². The van der Waals surface area contributed by atoms with Crippen molar-refractivity contribution in [2.45, 2.75) is 51.9 Å². The summed E-state index contributed by atoms with van der Waals surface area (Å²) in [6.07, 6.45) is 1.95. The number of nitrogens with one attached hydrogen (secondary N) is 1. The van der Waals surface area contributed by atoms with Crippen molar-refractivity contribution >= 4 is 15.7 Å². The van der Waals surface area contributed by atoms with Gasteiger partial charge in [0, 0.05) is 13.2 Å². The fourth-order valence-electron chi connectivity index (χ4n) is 2.06. The van der Waals surface area contributed by atoms with E-state index >= 15 is 0 Å². The Kier molecular flexibility index (Phi) is 5.38. The Hall–Kier alpha value is -0.620. The Bertz CT molecular complexity index is 405. The SMILES string of the molecule is C[C@H](C(=O)NC[C@@H]1CCCO1)S(=O)(=O)CC(C)(C)C. The molecule has 6 heteroatoms. The topological polar surface area (TPSA) is 72.5 Å². The molecule has 1 amide bonds. The van der Waals surface area contributed by atoms with Crippen LogP contribution in [0.15, 0.2) is 0 Å². The summed E-state index contributed by atoms with van der Waals surface area (Å²) in [6, 6.07) is 0. The van der Waals surface area contributed by atoms with Gasteiger partial charge in [0.1, 0.15) is 5.25 Å². The van der Waals surface area contributed by atoms with Crippen LogP contribution >= 0.6 is 0 Å². The third kappa shape index (κ3) is 5.48. The highest BCUT2D eigenvalue weighted by atomic mass is 32.2. The van der Waals surface area contributed by atoms with Crippen molar-refractivity contribution in [3.8, 4) is 0 Å². The maximum Gasteiger partial charge on any atom is 0.238 e. The normalized spacial score (nSPS) is 22.2. The standard InChI is InChI=1S/C13H25NO4S/c1-10(19(16,17)9-13(2,3)4)12(15)14-8-11-6-5-7-18-11/h10-11H,5-9H2,1-4H3,(H,14,15)/t10-,11+/m1/s1. The molecule has 1 aliphatic heterocycles. The summed E-state index contributed by atoms with van der Waals surface area (Å²) >= 11 is 0. The average molecular weight is 291 g/mol. The van der Waals surface area contributed by atoms with E-state index in [2.05, 4.69) is 5.32 Å². The molecular formula is C13H25NO4S. The van der Waals surface area contributed by atoms with Crippen molar-refractivity contribution in [2.75, 3.05) is 18.9 Å². The third-order valence-corrected chi connectivity index (χ3v) is 5.63.